The molecular formula is C45H83O8P. The Kier molecular flexibility index (Phi) is 39.6. The molecular weight excluding hydrogens is 699 g/mol. The van der Waals surface area contributed by atoms with Crippen molar-refractivity contribution in [2.24, 2.45) is 0 Å². The molecule has 0 aliphatic heterocycles. The molecule has 2 atom stereocenters. The summed E-state index contributed by atoms with van der Waals surface area (Å²) in [7, 11) is -3.20. The summed E-state index contributed by atoms with van der Waals surface area (Å²) in [5.41, 5.74) is 0. The molecule has 0 saturated carbocycles. The van der Waals surface area contributed by atoms with Crippen LogP contribution in [-0.4, -0.2) is 43.3 Å². The zero-order chi connectivity index (χ0) is 39.6. The van der Waals surface area contributed by atoms with E-state index in [4.69, 9.17) is 14.0 Å². The minimum absolute atomic E-state index is 0.229. The van der Waals surface area contributed by atoms with Gasteiger partial charge in [-0.15, -0.1) is 0 Å². The number of phosphoric acid groups is 1. The van der Waals surface area contributed by atoms with Crippen LogP contribution in [0.25, 0.3) is 0 Å². The molecule has 0 aliphatic carbocycles. The Balaban J connectivity index is 3.93. The Labute approximate surface area is 332 Å². The third kappa shape index (κ3) is 39.9. The molecule has 0 fully saturated rings. The van der Waals surface area contributed by atoms with Crippen molar-refractivity contribution in [3.8, 4) is 0 Å². The molecule has 0 aromatic rings. The fourth-order valence-electron chi connectivity index (χ4n) is 6.15. The van der Waals surface area contributed by atoms with Crippen LogP contribution < -0.4 is 0 Å². The highest BCUT2D eigenvalue weighted by Crippen LogP contribution is 2.42. The van der Waals surface area contributed by atoms with Crippen LogP contribution in [0.2, 0.25) is 0 Å². The summed E-state index contributed by atoms with van der Waals surface area (Å²) in [6, 6.07) is 0. The number of esters is 2. The minimum atomic E-state index is -4.26. The Bertz CT molecular complexity index is 979. The van der Waals surface area contributed by atoms with Crippen molar-refractivity contribution in [3.63, 3.8) is 0 Å². The topological polar surface area (TPSA) is 108 Å². The quantitative estimate of drug-likeness (QED) is 0.0283. The third-order valence-electron chi connectivity index (χ3n) is 9.61. The van der Waals surface area contributed by atoms with Gasteiger partial charge in [-0.3, -0.25) is 18.6 Å². The molecule has 0 spiro atoms. The molecule has 0 aromatic heterocycles. The van der Waals surface area contributed by atoms with E-state index < -0.39 is 26.5 Å². The molecule has 1 N–H and O–H groups in total. The molecule has 0 bridgehead atoms. The van der Waals surface area contributed by atoms with Crippen molar-refractivity contribution < 1.29 is 37.6 Å². The first kappa shape index (κ1) is 52.3. The maximum atomic E-state index is 12.5. The van der Waals surface area contributed by atoms with Crippen LogP contribution in [0.3, 0.4) is 0 Å². The number of ether oxygens (including phenoxy) is 2. The molecule has 54 heavy (non-hydrogen) atoms. The van der Waals surface area contributed by atoms with E-state index in [1.54, 1.807) is 0 Å². The SMILES string of the molecule is CCCCC/C=C\CCCCCCCC(=O)OCC(COP(=O)(O)OC)OC(=O)CCCCCCCCCCCCC/C=C\C/C=C\CCCCCCC. The van der Waals surface area contributed by atoms with Gasteiger partial charge in [0.1, 0.15) is 6.61 Å². The van der Waals surface area contributed by atoms with Gasteiger partial charge < -0.3 is 14.4 Å². The van der Waals surface area contributed by atoms with Crippen molar-refractivity contribution in [1.29, 1.82) is 0 Å². The Hall–Kier alpha value is -1.73. The zero-order valence-corrected chi connectivity index (χ0v) is 36.0. The molecule has 0 rings (SSSR count). The van der Waals surface area contributed by atoms with Gasteiger partial charge in [-0.05, 0) is 70.6 Å². The maximum absolute atomic E-state index is 12.5. The van der Waals surface area contributed by atoms with Gasteiger partial charge in [-0.25, -0.2) is 4.57 Å². The van der Waals surface area contributed by atoms with Gasteiger partial charge >= 0.3 is 19.8 Å². The van der Waals surface area contributed by atoms with E-state index in [2.05, 4.69) is 54.8 Å². The highest BCUT2D eigenvalue weighted by atomic mass is 31.2. The zero-order valence-electron chi connectivity index (χ0n) is 35.1. The fourth-order valence-corrected chi connectivity index (χ4v) is 6.61. The van der Waals surface area contributed by atoms with Crippen molar-refractivity contribution in [2.75, 3.05) is 20.3 Å². The van der Waals surface area contributed by atoms with E-state index in [0.717, 1.165) is 64.9 Å². The number of phosphoric ester groups is 1. The van der Waals surface area contributed by atoms with Crippen molar-refractivity contribution in [3.05, 3.63) is 36.5 Å². The average Bonchev–Trinajstić information content (AvgIpc) is 3.16. The van der Waals surface area contributed by atoms with E-state index in [1.165, 1.54) is 122 Å². The second-order valence-corrected chi connectivity index (χ2v) is 16.4. The molecule has 9 heteroatoms. The molecule has 2 unspecified atom stereocenters. The summed E-state index contributed by atoms with van der Waals surface area (Å²) in [5.74, 6) is -0.813. The summed E-state index contributed by atoms with van der Waals surface area (Å²) in [4.78, 5) is 34.4. The van der Waals surface area contributed by atoms with Crippen LogP contribution in [0.1, 0.15) is 213 Å². The maximum Gasteiger partial charge on any atom is 0.472 e. The highest BCUT2D eigenvalue weighted by Gasteiger charge is 2.24. The lowest BCUT2D eigenvalue weighted by Crippen LogP contribution is -2.29. The van der Waals surface area contributed by atoms with Gasteiger partial charge in [-0.1, -0.05) is 166 Å². The smallest absolute Gasteiger partial charge is 0.462 e. The first-order valence-electron chi connectivity index (χ1n) is 22.2. The van der Waals surface area contributed by atoms with E-state index >= 15 is 0 Å². The number of hydrogen-bond donors (Lipinski definition) is 1. The lowest BCUT2D eigenvalue weighted by molar-refractivity contribution is -0.161. The van der Waals surface area contributed by atoms with E-state index in [1.807, 2.05) is 0 Å². The largest absolute Gasteiger partial charge is 0.472 e. The van der Waals surface area contributed by atoms with Crippen LogP contribution in [0.4, 0.5) is 0 Å². The lowest BCUT2D eigenvalue weighted by Gasteiger charge is -2.19. The molecule has 316 valence electrons. The van der Waals surface area contributed by atoms with Gasteiger partial charge in [0.05, 0.1) is 6.61 Å². The van der Waals surface area contributed by atoms with Crippen LogP contribution in [-0.2, 0) is 32.7 Å². The summed E-state index contributed by atoms with van der Waals surface area (Å²) < 4.78 is 32.0. The van der Waals surface area contributed by atoms with E-state index in [0.29, 0.717) is 6.42 Å². The van der Waals surface area contributed by atoms with Gasteiger partial charge in [0, 0.05) is 20.0 Å². The molecule has 0 heterocycles. The predicted octanol–water partition coefficient (Wildman–Crippen LogP) is 14.0. The van der Waals surface area contributed by atoms with Gasteiger partial charge in [-0.2, -0.15) is 0 Å². The summed E-state index contributed by atoms with van der Waals surface area (Å²) >= 11 is 0. The van der Waals surface area contributed by atoms with Crippen LogP contribution in [0.5, 0.6) is 0 Å². The Morgan fingerprint density at radius 1 is 0.519 bits per heavy atom. The standard InChI is InChI=1S/C45H83O8P/c1-4-6-8-10-12-14-16-18-19-20-21-22-23-24-25-26-27-28-30-32-34-36-38-40-45(47)53-43(42-52-54(48,49)50-3)41-51-44(46)39-37-35-33-31-29-17-15-13-11-9-7-5-2/h13,15-16,18,20-21,43H,4-12,14,17,19,22-42H2,1-3H3,(H,48,49)/b15-13-,18-16-,21-20-. The summed E-state index contributed by atoms with van der Waals surface area (Å²) in [5, 5.41) is 0. The monoisotopic (exact) mass is 783 g/mol. The van der Waals surface area contributed by atoms with Crippen molar-refractivity contribution in [2.45, 2.75) is 219 Å². The van der Waals surface area contributed by atoms with E-state index in [9.17, 15) is 19.0 Å². The molecule has 0 aromatic carbocycles. The van der Waals surface area contributed by atoms with Crippen molar-refractivity contribution in [1.82, 2.24) is 0 Å². The van der Waals surface area contributed by atoms with Crippen molar-refractivity contribution >= 4 is 19.8 Å². The summed E-state index contributed by atoms with van der Waals surface area (Å²) in [6.07, 6.45) is 47.7. The normalized spacial score (nSPS) is 13.6. The Morgan fingerprint density at radius 3 is 1.35 bits per heavy atom. The van der Waals surface area contributed by atoms with Gasteiger partial charge in [0.25, 0.3) is 0 Å². The highest BCUT2D eigenvalue weighted by molar-refractivity contribution is 7.47. The summed E-state index contributed by atoms with van der Waals surface area (Å²) in [6.45, 7) is 3.85. The molecule has 8 nitrogen and oxygen atoms in total. The lowest BCUT2D eigenvalue weighted by atomic mass is 10.0. The average molecular weight is 783 g/mol. The molecule has 0 amide bonds. The number of allylic oxidation sites excluding steroid dienone is 6. The number of rotatable bonds is 41. The first-order valence-corrected chi connectivity index (χ1v) is 23.7. The fraction of sp³-hybridized carbons (Fsp3) is 0.822. The van der Waals surface area contributed by atoms with Crippen LogP contribution >= 0.6 is 7.82 Å². The second kappa shape index (κ2) is 40.9. The van der Waals surface area contributed by atoms with E-state index in [-0.39, 0.29) is 25.4 Å². The predicted molar refractivity (Wildman–Crippen MR) is 226 cm³/mol. The number of hydrogen-bond acceptors (Lipinski definition) is 7. The second-order valence-electron chi connectivity index (χ2n) is 14.8. The van der Waals surface area contributed by atoms with Gasteiger partial charge in [0.2, 0.25) is 0 Å². The van der Waals surface area contributed by atoms with Crippen LogP contribution in [0, 0.1) is 0 Å². The minimum Gasteiger partial charge on any atom is -0.462 e. The molecule has 0 radical (unpaired) electrons. The third-order valence-corrected chi connectivity index (χ3v) is 10.5. The first-order chi connectivity index (χ1) is 26.3. The number of carbonyl (C=O) groups excluding carboxylic acids is 2. The number of unbranched alkanes of at least 4 members (excludes halogenated alkanes) is 24. The number of carbonyl (C=O) groups is 2. The molecule has 0 saturated heterocycles. The van der Waals surface area contributed by atoms with Crippen LogP contribution in [0.15, 0.2) is 36.5 Å². The molecule has 0 aliphatic rings. The van der Waals surface area contributed by atoms with Gasteiger partial charge in [0.15, 0.2) is 6.10 Å². The Morgan fingerprint density at radius 2 is 0.889 bits per heavy atom.